The standard InChI is InChI=1S/C29H27F3N4O5/c1-39-23-13-19(17-6-4-3-5-7-17)20(14-24(23)40-2)26(29(30,31)32)41-25-15-22(35-28(34)36-25)18-10-8-16(9-11-18)12-21(33)27(37)38/h3-11,13-15,21,26H,12,33H2,1-2H3,(H,37,38)(H2,34,35,36). The first-order valence-corrected chi connectivity index (χ1v) is 12.3. The number of aliphatic carboxylic acids is 1. The quantitative estimate of drug-likeness (QED) is 0.240. The number of halogens is 3. The number of nitrogen functional groups attached to an aromatic ring is 1. The molecule has 5 N–H and O–H groups in total. The van der Waals surface area contributed by atoms with Crippen molar-refractivity contribution in [2.24, 2.45) is 5.73 Å². The maximum atomic E-state index is 14.6. The minimum atomic E-state index is -4.87. The smallest absolute Gasteiger partial charge is 0.429 e. The number of ether oxygens (including phenoxy) is 3. The predicted molar refractivity (Wildman–Crippen MR) is 146 cm³/mol. The van der Waals surface area contributed by atoms with Crippen LogP contribution in [0.4, 0.5) is 19.1 Å². The maximum Gasteiger partial charge on any atom is 0.429 e. The average Bonchev–Trinajstić information content (AvgIpc) is 2.95. The van der Waals surface area contributed by atoms with Crippen molar-refractivity contribution in [3.8, 4) is 39.8 Å². The number of methoxy groups -OCH3 is 2. The molecule has 0 saturated carbocycles. The van der Waals surface area contributed by atoms with Crippen LogP contribution in [0.15, 0.2) is 72.8 Å². The number of hydrogen-bond donors (Lipinski definition) is 3. The number of carboxylic acids is 1. The zero-order valence-corrected chi connectivity index (χ0v) is 22.1. The number of carbonyl (C=O) groups is 1. The predicted octanol–water partition coefficient (Wildman–Crippen LogP) is 5.05. The molecule has 0 aliphatic rings. The fourth-order valence-electron chi connectivity index (χ4n) is 4.21. The Hall–Kier alpha value is -4.84. The minimum absolute atomic E-state index is 0.0885. The molecule has 1 aromatic heterocycles. The molecule has 0 radical (unpaired) electrons. The second kappa shape index (κ2) is 12.1. The van der Waals surface area contributed by atoms with Gasteiger partial charge >= 0.3 is 12.1 Å². The third-order valence-electron chi connectivity index (χ3n) is 6.20. The number of hydrogen-bond acceptors (Lipinski definition) is 8. The second-order valence-electron chi connectivity index (χ2n) is 9.00. The van der Waals surface area contributed by atoms with E-state index in [1.807, 2.05) is 0 Å². The molecule has 0 aliphatic carbocycles. The van der Waals surface area contributed by atoms with Crippen LogP contribution < -0.4 is 25.7 Å². The summed E-state index contributed by atoms with van der Waals surface area (Å²) in [5, 5.41) is 9.02. The summed E-state index contributed by atoms with van der Waals surface area (Å²) in [7, 11) is 2.72. The van der Waals surface area contributed by atoms with Gasteiger partial charge in [0.1, 0.15) is 6.04 Å². The van der Waals surface area contributed by atoms with Crippen molar-refractivity contribution >= 4 is 11.9 Å². The van der Waals surface area contributed by atoms with Crippen LogP contribution in [0.5, 0.6) is 17.4 Å². The Morgan fingerprint density at radius 3 is 2.15 bits per heavy atom. The Morgan fingerprint density at radius 1 is 0.927 bits per heavy atom. The largest absolute Gasteiger partial charge is 0.493 e. The lowest BCUT2D eigenvalue weighted by atomic mass is 9.95. The van der Waals surface area contributed by atoms with Gasteiger partial charge in [-0.3, -0.25) is 4.79 Å². The Kier molecular flexibility index (Phi) is 8.62. The molecule has 0 saturated heterocycles. The molecule has 41 heavy (non-hydrogen) atoms. The van der Waals surface area contributed by atoms with Crippen LogP contribution in [0.3, 0.4) is 0 Å². The number of rotatable bonds is 10. The molecule has 4 aromatic rings. The Balaban J connectivity index is 1.75. The van der Waals surface area contributed by atoms with E-state index in [9.17, 15) is 18.0 Å². The Labute approximate surface area is 233 Å². The molecule has 1 heterocycles. The van der Waals surface area contributed by atoms with Gasteiger partial charge in [0.2, 0.25) is 17.9 Å². The zero-order chi connectivity index (χ0) is 29.7. The van der Waals surface area contributed by atoms with E-state index in [2.05, 4.69) is 9.97 Å². The summed E-state index contributed by atoms with van der Waals surface area (Å²) in [6.45, 7) is 0. The molecule has 0 amide bonds. The van der Waals surface area contributed by atoms with E-state index >= 15 is 0 Å². The van der Waals surface area contributed by atoms with Gasteiger partial charge in [-0.25, -0.2) is 4.98 Å². The van der Waals surface area contributed by atoms with Gasteiger partial charge < -0.3 is 30.8 Å². The van der Waals surface area contributed by atoms with Crippen LogP contribution in [0, 0.1) is 0 Å². The Bertz CT molecular complexity index is 1520. The number of carboxylic acid groups (broad SMARTS) is 1. The van der Waals surface area contributed by atoms with Crippen molar-refractivity contribution in [2.45, 2.75) is 24.7 Å². The highest BCUT2D eigenvalue weighted by atomic mass is 19.4. The normalized spacial score (nSPS) is 12.8. The highest BCUT2D eigenvalue weighted by molar-refractivity contribution is 5.74. The van der Waals surface area contributed by atoms with Crippen molar-refractivity contribution in [3.63, 3.8) is 0 Å². The minimum Gasteiger partial charge on any atom is -0.493 e. The van der Waals surface area contributed by atoms with Crippen LogP contribution >= 0.6 is 0 Å². The van der Waals surface area contributed by atoms with Gasteiger partial charge in [-0.2, -0.15) is 18.2 Å². The van der Waals surface area contributed by atoms with E-state index in [4.69, 9.17) is 30.8 Å². The van der Waals surface area contributed by atoms with Crippen LogP contribution in [0.1, 0.15) is 17.2 Å². The Morgan fingerprint density at radius 2 is 1.56 bits per heavy atom. The van der Waals surface area contributed by atoms with Crippen molar-refractivity contribution < 1.29 is 37.3 Å². The first kappa shape index (κ1) is 29.2. The lowest BCUT2D eigenvalue weighted by Crippen LogP contribution is -2.32. The molecule has 0 bridgehead atoms. The molecule has 2 unspecified atom stereocenters. The average molecular weight is 569 g/mol. The van der Waals surface area contributed by atoms with Crippen LogP contribution in [0.2, 0.25) is 0 Å². The van der Waals surface area contributed by atoms with Gasteiger partial charge in [0.25, 0.3) is 0 Å². The maximum absolute atomic E-state index is 14.6. The van der Waals surface area contributed by atoms with E-state index in [1.54, 1.807) is 54.6 Å². The zero-order valence-electron chi connectivity index (χ0n) is 22.1. The van der Waals surface area contributed by atoms with E-state index in [0.29, 0.717) is 16.7 Å². The van der Waals surface area contributed by atoms with E-state index in [1.165, 1.54) is 32.4 Å². The highest BCUT2D eigenvalue weighted by Gasteiger charge is 2.45. The molecule has 9 nitrogen and oxygen atoms in total. The SMILES string of the molecule is COc1cc(-c2ccccc2)c(C(Oc2cc(-c3ccc(CC(N)C(=O)O)cc3)nc(N)n2)C(F)(F)F)cc1OC. The molecule has 12 heteroatoms. The molecule has 214 valence electrons. The third kappa shape index (κ3) is 6.84. The number of aromatic nitrogens is 2. The van der Waals surface area contributed by atoms with Crippen LogP contribution in [-0.2, 0) is 11.2 Å². The lowest BCUT2D eigenvalue weighted by Gasteiger charge is -2.25. The van der Waals surface area contributed by atoms with Crippen LogP contribution in [0.25, 0.3) is 22.4 Å². The van der Waals surface area contributed by atoms with Gasteiger partial charge in [0.15, 0.2) is 11.5 Å². The summed E-state index contributed by atoms with van der Waals surface area (Å²) in [6, 6.07) is 17.9. The monoisotopic (exact) mass is 568 g/mol. The van der Waals surface area contributed by atoms with E-state index in [0.717, 1.165) is 0 Å². The second-order valence-corrected chi connectivity index (χ2v) is 9.00. The number of benzene rings is 3. The fraction of sp³-hybridized carbons (Fsp3) is 0.207. The first-order valence-electron chi connectivity index (χ1n) is 12.3. The van der Waals surface area contributed by atoms with E-state index in [-0.39, 0.29) is 40.7 Å². The molecular formula is C29H27F3N4O5. The molecule has 0 fully saturated rings. The van der Waals surface area contributed by atoms with Gasteiger partial charge in [0, 0.05) is 17.2 Å². The van der Waals surface area contributed by atoms with Gasteiger partial charge in [-0.1, -0.05) is 54.6 Å². The van der Waals surface area contributed by atoms with Crippen molar-refractivity contribution in [2.75, 3.05) is 20.0 Å². The molecular weight excluding hydrogens is 541 g/mol. The molecule has 0 spiro atoms. The summed E-state index contributed by atoms with van der Waals surface area (Å²) in [6.07, 6.45) is -7.23. The van der Waals surface area contributed by atoms with Crippen LogP contribution in [-0.4, -0.2) is 47.5 Å². The number of nitrogens with two attached hydrogens (primary N) is 2. The van der Waals surface area contributed by atoms with Gasteiger partial charge in [0.05, 0.1) is 19.9 Å². The number of alkyl halides is 3. The third-order valence-corrected chi connectivity index (χ3v) is 6.20. The summed E-state index contributed by atoms with van der Waals surface area (Å²) in [5.74, 6) is -1.50. The highest BCUT2D eigenvalue weighted by Crippen LogP contribution is 2.45. The van der Waals surface area contributed by atoms with Crippen molar-refractivity contribution in [3.05, 3.63) is 83.9 Å². The molecule has 3 aromatic carbocycles. The summed E-state index contributed by atoms with van der Waals surface area (Å²) >= 11 is 0. The number of nitrogens with zero attached hydrogens (tertiary/aromatic N) is 2. The van der Waals surface area contributed by atoms with Gasteiger partial charge in [-0.15, -0.1) is 0 Å². The van der Waals surface area contributed by atoms with E-state index < -0.39 is 30.2 Å². The lowest BCUT2D eigenvalue weighted by molar-refractivity contribution is -0.198. The summed E-state index contributed by atoms with van der Waals surface area (Å²) < 4.78 is 60.0. The molecule has 0 aliphatic heterocycles. The number of anilines is 1. The first-order chi connectivity index (χ1) is 19.5. The van der Waals surface area contributed by atoms with Gasteiger partial charge in [-0.05, 0) is 35.2 Å². The van der Waals surface area contributed by atoms with Crippen molar-refractivity contribution in [1.82, 2.24) is 9.97 Å². The van der Waals surface area contributed by atoms with Crippen molar-refractivity contribution in [1.29, 1.82) is 0 Å². The molecule has 4 rings (SSSR count). The summed E-state index contributed by atoms with van der Waals surface area (Å²) in [4.78, 5) is 19.1. The summed E-state index contributed by atoms with van der Waals surface area (Å²) in [5.41, 5.74) is 13.3. The molecule has 2 atom stereocenters. The topological polar surface area (TPSA) is 143 Å². The fourth-order valence-corrected chi connectivity index (χ4v) is 4.21.